The van der Waals surface area contributed by atoms with Gasteiger partial charge in [-0.15, -0.1) is 0 Å². The van der Waals surface area contributed by atoms with Gasteiger partial charge in [0.15, 0.2) is 0 Å². The van der Waals surface area contributed by atoms with E-state index < -0.39 is 0 Å². The van der Waals surface area contributed by atoms with Crippen molar-refractivity contribution in [2.45, 2.75) is 11.2 Å². The van der Waals surface area contributed by atoms with Crippen LogP contribution in [0, 0.1) is 0 Å². The fraction of sp³-hybridized carbons (Fsp3) is 0.250. The fourth-order valence-corrected chi connectivity index (χ4v) is 5.32. The van der Waals surface area contributed by atoms with E-state index in [2.05, 4.69) is 92.5 Å². The quantitative estimate of drug-likeness (QED) is 0.489. The minimum Gasteiger partial charge on any atom is -0.0916 e. The smallest absolute Gasteiger partial charge is 0.0246 e. The Hall–Kier alpha value is -0.170. The zero-order valence-corrected chi connectivity index (χ0v) is 14.7. The Labute approximate surface area is 133 Å². The van der Waals surface area contributed by atoms with Crippen LogP contribution in [0.15, 0.2) is 60.7 Å². The summed E-state index contributed by atoms with van der Waals surface area (Å²) in [5.41, 5.74) is 0. The Morgan fingerprint density at radius 3 is 1.74 bits per heavy atom. The molecule has 0 saturated carbocycles. The van der Waals surface area contributed by atoms with Crippen LogP contribution in [-0.2, 0) is 0 Å². The Kier molecular flexibility index (Phi) is 6.56. The molecule has 2 aromatic rings. The van der Waals surface area contributed by atoms with E-state index in [-0.39, 0.29) is 7.92 Å². The molecule has 1 unspecified atom stereocenters. The average molecular weight is 400 g/mol. The number of benzene rings is 2. The Morgan fingerprint density at radius 2 is 1.32 bits per heavy atom. The van der Waals surface area contributed by atoms with Gasteiger partial charge in [-0.2, -0.15) is 0 Å². The second kappa shape index (κ2) is 8.19. The maximum Gasteiger partial charge on any atom is 0.0246 e. The Bertz CT molecular complexity index is 433. The summed E-state index contributed by atoms with van der Waals surface area (Å²) in [6.45, 7) is 0. The van der Waals surface area contributed by atoms with Crippen LogP contribution in [0.3, 0.4) is 0 Å². The molecule has 0 spiro atoms. The third-order valence-corrected chi connectivity index (χ3v) is 7.95. The van der Waals surface area contributed by atoms with E-state index in [0.717, 1.165) is 5.33 Å². The lowest BCUT2D eigenvalue weighted by molar-refractivity contribution is 0.946. The third-order valence-electron chi connectivity index (χ3n) is 2.97. The Balaban J connectivity index is 2.19. The van der Waals surface area contributed by atoms with E-state index >= 15 is 0 Å². The van der Waals surface area contributed by atoms with Crippen molar-refractivity contribution in [2.24, 2.45) is 0 Å². The summed E-state index contributed by atoms with van der Waals surface area (Å²) in [4.78, 5) is 0.560. The highest BCUT2D eigenvalue weighted by molar-refractivity contribution is 9.12. The molecular weight excluding hydrogens is 383 g/mol. The average Bonchev–Trinajstić information content (AvgIpc) is 2.49. The minimum atomic E-state index is -0.240. The number of alkyl halides is 2. The molecule has 0 aliphatic rings. The first-order valence-corrected chi connectivity index (χ1v) is 9.95. The first kappa shape index (κ1) is 15.2. The van der Waals surface area contributed by atoms with Crippen LogP contribution >= 0.6 is 39.8 Å². The molecule has 3 heteroatoms. The summed E-state index contributed by atoms with van der Waals surface area (Å²) < 4.78 is 0. The molecule has 0 fully saturated rings. The van der Waals surface area contributed by atoms with Crippen LogP contribution in [0.5, 0.6) is 0 Å². The van der Waals surface area contributed by atoms with Gasteiger partial charge in [-0.05, 0) is 31.1 Å². The number of halogens is 2. The molecule has 0 radical (unpaired) electrons. The van der Waals surface area contributed by atoms with E-state index in [1.54, 1.807) is 0 Å². The Morgan fingerprint density at radius 1 is 0.842 bits per heavy atom. The fourth-order valence-electron chi connectivity index (χ4n) is 1.97. The predicted molar refractivity (Wildman–Crippen MR) is 95.1 cm³/mol. The van der Waals surface area contributed by atoms with E-state index in [1.165, 1.54) is 23.2 Å². The molecule has 1 atom stereocenters. The molecule has 0 heterocycles. The van der Waals surface area contributed by atoms with Crippen molar-refractivity contribution < 1.29 is 0 Å². The summed E-state index contributed by atoms with van der Waals surface area (Å²) in [7, 11) is -0.240. The standard InChI is InChI=1S/C16H17Br2P/c17-13-14(18)11-12-19(15-7-3-1-4-8-15)16-9-5-2-6-10-16/h1-10,14H,11-13H2. The molecule has 0 N–H and O–H groups in total. The van der Waals surface area contributed by atoms with E-state index in [1.807, 2.05) is 0 Å². The molecule has 19 heavy (non-hydrogen) atoms. The van der Waals surface area contributed by atoms with Crippen molar-refractivity contribution >= 4 is 50.4 Å². The van der Waals surface area contributed by atoms with Gasteiger partial charge in [0.1, 0.15) is 0 Å². The molecule has 0 aliphatic heterocycles. The van der Waals surface area contributed by atoms with Gasteiger partial charge in [-0.25, -0.2) is 0 Å². The largest absolute Gasteiger partial charge is 0.0916 e. The number of rotatable bonds is 6. The molecule has 2 rings (SSSR count). The maximum absolute atomic E-state index is 3.71. The third kappa shape index (κ3) is 4.70. The van der Waals surface area contributed by atoms with Gasteiger partial charge < -0.3 is 0 Å². The second-order valence-corrected chi connectivity index (χ2v) is 8.64. The second-order valence-electron chi connectivity index (χ2n) is 4.36. The highest BCUT2D eigenvalue weighted by atomic mass is 79.9. The van der Waals surface area contributed by atoms with Crippen molar-refractivity contribution in [2.75, 3.05) is 11.5 Å². The molecule has 0 amide bonds. The maximum atomic E-state index is 3.71. The zero-order chi connectivity index (χ0) is 13.5. The number of hydrogen-bond donors (Lipinski definition) is 0. The van der Waals surface area contributed by atoms with Gasteiger partial charge in [0, 0.05) is 10.2 Å². The van der Waals surface area contributed by atoms with E-state index in [9.17, 15) is 0 Å². The van der Waals surface area contributed by atoms with Gasteiger partial charge in [-0.1, -0.05) is 92.5 Å². The van der Waals surface area contributed by atoms with Gasteiger partial charge in [0.2, 0.25) is 0 Å². The summed E-state index contributed by atoms with van der Waals surface area (Å²) >= 11 is 7.25. The summed E-state index contributed by atoms with van der Waals surface area (Å²) in [6.07, 6.45) is 2.42. The molecule has 0 aromatic heterocycles. The molecule has 0 nitrogen and oxygen atoms in total. The van der Waals surface area contributed by atoms with E-state index in [0.29, 0.717) is 4.83 Å². The van der Waals surface area contributed by atoms with Gasteiger partial charge in [0.25, 0.3) is 0 Å². The summed E-state index contributed by atoms with van der Waals surface area (Å²) in [5.74, 6) is 0. The number of hydrogen-bond acceptors (Lipinski definition) is 0. The lowest BCUT2D eigenvalue weighted by Crippen LogP contribution is -2.15. The highest BCUT2D eigenvalue weighted by Crippen LogP contribution is 2.35. The highest BCUT2D eigenvalue weighted by Gasteiger charge is 2.14. The predicted octanol–water partition coefficient (Wildman–Crippen LogP) is 4.67. The van der Waals surface area contributed by atoms with E-state index in [4.69, 9.17) is 0 Å². The van der Waals surface area contributed by atoms with Crippen LogP contribution in [0.25, 0.3) is 0 Å². The summed E-state index contributed by atoms with van der Waals surface area (Å²) in [5, 5.41) is 3.95. The topological polar surface area (TPSA) is 0 Å². The van der Waals surface area contributed by atoms with Crippen molar-refractivity contribution in [1.82, 2.24) is 0 Å². The van der Waals surface area contributed by atoms with Crippen molar-refractivity contribution in [3.05, 3.63) is 60.7 Å². The zero-order valence-electron chi connectivity index (χ0n) is 10.7. The van der Waals surface area contributed by atoms with Gasteiger partial charge >= 0.3 is 0 Å². The minimum absolute atomic E-state index is 0.240. The van der Waals surface area contributed by atoms with Crippen molar-refractivity contribution in [1.29, 1.82) is 0 Å². The normalized spacial score (nSPS) is 12.6. The molecule has 2 aromatic carbocycles. The monoisotopic (exact) mass is 398 g/mol. The van der Waals surface area contributed by atoms with Crippen LogP contribution in [0.2, 0.25) is 0 Å². The van der Waals surface area contributed by atoms with Gasteiger partial charge in [-0.3, -0.25) is 0 Å². The lowest BCUT2D eigenvalue weighted by Gasteiger charge is -2.19. The molecule has 0 saturated heterocycles. The molecule has 0 aliphatic carbocycles. The van der Waals surface area contributed by atoms with Crippen LogP contribution in [0.4, 0.5) is 0 Å². The first-order chi connectivity index (χ1) is 9.31. The van der Waals surface area contributed by atoms with Crippen LogP contribution in [0.1, 0.15) is 6.42 Å². The molecule has 0 bridgehead atoms. The van der Waals surface area contributed by atoms with Gasteiger partial charge in [0.05, 0.1) is 0 Å². The van der Waals surface area contributed by atoms with Crippen LogP contribution in [-0.4, -0.2) is 16.3 Å². The van der Waals surface area contributed by atoms with Crippen molar-refractivity contribution in [3.8, 4) is 0 Å². The van der Waals surface area contributed by atoms with Crippen molar-refractivity contribution in [3.63, 3.8) is 0 Å². The lowest BCUT2D eigenvalue weighted by atomic mass is 10.4. The van der Waals surface area contributed by atoms with Crippen LogP contribution < -0.4 is 10.6 Å². The SMILES string of the molecule is BrCC(Br)CCP(c1ccccc1)c1ccccc1. The molecular formula is C16H17Br2P. The summed E-state index contributed by atoms with van der Waals surface area (Å²) in [6, 6.07) is 21.8. The molecule has 100 valence electrons. The first-order valence-electron chi connectivity index (χ1n) is 6.39.